The lowest BCUT2D eigenvalue weighted by Crippen LogP contribution is -2.00. The summed E-state index contributed by atoms with van der Waals surface area (Å²) in [4.78, 5) is 60.8. The molecule has 0 aliphatic heterocycles. The molecule has 3 aromatic carbocycles. The first-order valence-corrected chi connectivity index (χ1v) is 10.5. The van der Waals surface area contributed by atoms with Crippen molar-refractivity contribution in [2.75, 3.05) is 0 Å². The van der Waals surface area contributed by atoms with Gasteiger partial charge < -0.3 is 15.3 Å². The van der Waals surface area contributed by atoms with Crippen molar-refractivity contribution in [2.45, 2.75) is 20.8 Å². The maximum Gasteiger partial charge on any atom is 0.336 e. The second-order valence-electron chi connectivity index (χ2n) is 7.68. The highest BCUT2D eigenvalue weighted by molar-refractivity contribution is 5.91. The molecule has 39 heavy (non-hydrogen) atoms. The molecule has 15 nitrogen and oxygen atoms in total. The Hall–Kier alpha value is -5.73. The maximum absolute atomic E-state index is 10.6. The van der Waals surface area contributed by atoms with Gasteiger partial charge in [-0.2, -0.15) is 0 Å². The second-order valence-corrected chi connectivity index (χ2v) is 7.68. The van der Waals surface area contributed by atoms with Crippen molar-refractivity contribution >= 4 is 35.0 Å². The number of aromatic carboxylic acids is 3. The summed E-state index contributed by atoms with van der Waals surface area (Å²) in [5, 5.41) is 56.8. The van der Waals surface area contributed by atoms with E-state index < -0.39 is 32.7 Å². The normalized spacial score (nSPS) is 9.62. The van der Waals surface area contributed by atoms with Gasteiger partial charge in [0.15, 0.2) is 0 Å². The number of carbonyl (C=O) groups is 3. The predicted octanol–water partition coefficient (Wildman–Crippen LogP) is 4.80. The highest BCUT2D eigenvalue weighted by Crippen LogP contribution is 2.18. The quantitative estimate of drug-likeness (QED) is 0.280. The Labute approximate surface area is 219 Å². The highest BCUT2D eigenvalue weighted by atomic mass is 16.6. The molecule has 0 saturated carbocycles. The van der Waals surface area contributed by atoms with Gasteiger partial charge in [-0.05, 0) is 37.5 Å². The molecule has 3 N–H and O–H groups in total. The fourth-order valence-corrected chi connectivity index (χ4v) is 2.86. The smallest absolute Gasteiger partial charge is 0.336 e. The molecule has 0 fully saturated rings. The number of nitro benzene ring substituents is 3. The van der Waals surface area contributed by atoms with Crippen molar-refractivity contribution in [3.8, 4) is 0 Å². The van der Waals surface area contributed by atoms with Gasteiger partial charge in [-0.3, -0.25) is 30.3 Å². The molecule has 15 heteroatoms. The van der Waals surface area contributed by atoms with Crippen molar-refractivity contribution in [1.29, 1.82) is 0 Å². The molecule has 204 valence electrons. The van der Waals surface area contributed by atoms with Gasteiger partial charge in [0.1, 0.15) is 0 Å². The van der Waals surface area contributed by atoms with Crippen LogP contribution in [0, 0.1) is 51.1 Å². The van der Waals surface area contributed by atoms with E-state index in [-0.39, 0.29) is 33.8 Å². The molecule has 0 aliphatic rings. The van der Waals surface area contributed by atoms with Gasteiger partial charge in [-0.15, -0.1) is 0 Å². The van der Waals surface area contributed by atoms with Crippen LogP contribution in [0.1, 0.15) is 47.8 Å². The molecular formula is C24H21N3O12. The highest BCUT2D eigenvalue weighted by Gasteiger charge is 2.14. The third-order valence-electron chi connectivity index (χ3n) is 4.99. The molecule has 0 aliphatic carbocycles. The van der Waals surface area contributed by atoms with E-state index in [2.05, 4.69) is 0 Å². The fourth-order valence-electron chi connectivity index (χ4n) is 2.86. The first-order chi connectivity index (χ1) is 18.1. The number of hydrogen-bond acceptors (Lipinski definition) is 9. The van der Waals surface area contributed by atoms with Crippen molar-refractivity contribution in [3.05, 3.63) is 118 Å². The number of hydrogen-bond donors (Lipinski definition) is 3. The third-order valence-corrected chi connectivity index (χ3v) is 4.99. The molecule has 3 aromatic rings. The minimum absolute atomic E-state index is 0.0331. The first-order valence-electron chi connectivity index (χ1n) is 10.5. The van der Waals surface area contributed by atoms with E-state index >= 15 is 0 Å². The lowest BCUT2D eigenvalue weighted by Gasteiger charge is -1.98. The molecule has 3 rings (SSSR count). The Morgan fingerprint density at radius 3 is 0.872 bits per heavy atom. The van der Waals surface area contributed by atoms with Gasteiger partial charge in [0.25, 0.3) is 17.1 Å². The van der Waals surface area contributed by atoms with Crippen molar-refractivity contribution in [1.82, 2.24) is 0 Å². The summed E-state index contributed by atoms with van der Waals surface area (Å²) in [5.41, 5.74) is 0.820. The largest absolute Gasteiger partial charge is 0.478 e. The zero-order chi connectivity index (χ0) is 30.0. The maximum atomic E-state index is 10.6. The number of rotatable bonds is 6. The predicted molar refractivity (Wildman–Crippen MR) is 134 cm³/mol. The average molecular weight is 543 g/mol. The number of aryl methyl sites for hydroxylation is 3. The minimum Gasteiger partial charge on any atom is -0.478 e. The van der Waals surface area contributed by atoms with Crippen LogP contribution >= 0.6 is 0 Å². The molecule has 0 unspecified atom stereocenters. The molecule has 0 heterocycles. The SMILES string of the molecule is Cc1ccc([N+](=O)[O-])cc1C(=O)O.Cc1ccc([N+](=O)[O-])cc1C(=O)O.Cc1ccc([N+](=O)[O-])cc1C(=O)O. The lowest BCUT2D eigenvalue weighted by molar-refractivity contribution is -0.385. The van der Waals surface area contributed by atoms with E-state index in [4.69, 9.17) is 15.3 Å². The number of benzene rings is 3. The van der Waals surface area contributed by atoms with Crippen molar-refractivity contribution < 1.29 is 44.5 Å². The molecule has 0 saturated heterocycles. The molecule has 0 atom stereocenters. The van der Waals surface area contributed by atoms with Gasteiger partial charge in [-0.25, -0.2) is 14.4 Å². The summed E-state index contributed by atoms with van der Waals surface area (Å²) >= 11 is 0. The summed E-state index contributed by atoms with van der Waals surface area (Å²) in [6, 6.07) is 11.3. The topological polar surface area (TPSA) is 241 Å². The number of carboxylic acids is 3. The van der Waals surface area contributed by atoms with Gasteiger partial charge >= 0.3 is 17.9 Å². The summed E-state index contributed by atoms with van der Waals surface area (Å²) < 4.78 is 0. The zero-order valence-corrected chi connectivity index (χ0v) is 20.6. The van der Waals surface area contributed by atoms with Crippen LogP contribution in [0.15, 0.2) is 54.6 Å². The van der Waals surface area contributed by atoms with E-state index in [1.807, 2.05) is 0 Å². The van der Waals surface area contributed by atoms with E-state index in [9.17, 15) is 44.7 Å². The van der Waals surface area contributed by atoms with Crippen LogP contribution in [0.25, 0.3) is 0 Å². The van der Waals surface area contributed by atoms with Gasteiger partial charge in [-0.1, -0.05) is 18.2 Å². The Bertz CT molecular complexity index is 1290. The van der Waals surface area contributed by atoms with E-state index in [1.165, 1.54) is 36.4 Å². The van der Waals surface area contributed by atoms with Crippen LogP contribution in [0.4, 0.5) is 17.1 Å². The van der Waals surface area contributed by atoms with Crippen LogP contribution in [0.3, 0.4) is 0 Å². The van der Waals surface area contributed by atoms with Crippen molar-refractivity contribution in [2.24, 2.45) is 0 Å². The molecule has 0 amide bonds. The van der Waals surface area contributed by atoms with Crippen LogP contribution < -0.4 is 0 Å². The van der Waals surface area contributed by atoms with Crippen LogP contribution in [-0.2, 0) is 0 Å². The van der Waals surface area contributed by atoms with E-state index in [0.717, 1.165) is 18.2 Å². The molecule has 0 radical (unpaired) electrons. The molecule has 0 spiro atoms. The monoisotopic (exact) mass is 543 g/mol. The first kappa shape index (κ1) is 31.3. The third kappa shape index (κ3) is 9.02. The summed E-state index contributed by atoms with van der Waals surface area (Å²) in [6.45, 7) is 4.77. The van der Waals surface area contributed by atoms with Gasteiger partial charge in [0.05, 0.1) is 31.5 Å². The van der Waals surface area contributed by atoms with Crippen molar-refractivity contribution in [3.63, 3.8) is 0 Å². The fraction of sp³-hybridized carbons (Fsp3) is 0.125. The lowest BCUT2D eigenvalue weighted by atomic mass is 10.1. The van der Waals surface area contributed by atoms with Gasteiger partial charge in [0.2, 0.25) is 0 Å². The molecule has 0 bridgehead atoms. The van der Waals surface area contributed by atoms with E-state index in [1.54, 1.807) is 20.8 Å². The zero-order valence-electron chi connectivity index (χ0n) is 20.6. The standard InChI is InChI=1S/3C8H7NO4/c3*1-5-2-3-6(9(12)13)4-7(5)8(10)11/h3*2-4H,1H3,(H,10,11). The second kappa shape index (κ2) is 13.5. The van der Waals surface area contributed by atoms with Crippen LogP contribution in [-0.4, -0.2) is 48.0 Å². The Balaban J connectivity index is 0.000000292. The van der Waals surface area contributed by atoms with Gasteiger partial charge in [0, 0.05) is 36.4 Å². The molecular weight excluding hydrogens is 522 g/mol. The van der Waals surface area contributed by atoms with Crippen LogP contribution in [0.5, 0.6) is 0 Å². The number of nitrogens with zero attached hydrogens (tertiary/aromatic N) is 3. The Morgan fingerprint density at radius 2 is 0.718 bits per heavy atom. The average Bonchev–Trinajstić information content (AvgIpc) is 2.84. The summed E-state index contributed by atoms with van der Waals surface area (Å²) in [7, 11) is 0. The number of non-ortho nitro benzene ring substituents is 3. The molecule has 0 aromatic heterocycles. The number of nitro groups is 3. The number of carboxylic acid groups (broad SMARTS) is 3. The van der Waals surface area contributed by atoms with Crippen LogP contribution in [0.2, 0.25) is 0 Å². The van der Waals surface area contributed by atoms with E-state index in [0.29, 0.717) is 16.7 Å². The Morgan fingerprint density at radius 1 is 0.513 bits per heavy atom. The minimum atomic E-state index is -1.15. The summed E-state index contributed by atoms with van der Waals surface area (Å²) in [5.74, 6) is -3.46. The Kier molecular flexibility index (Phi) is 10.9. The summed E-state index contributed by atoms with van der Waals surface area (Å²) in [6.07, 6.45) is 0.